The normalized spacial score (nSPS) is 15.2. The van der Waals surface area contributed by atoms with Crippen LogP contribution >= 0.6 is 36.2 Å². The lowest BCUT2D eigenvalue weighted by Gasteiger charge is -2.28. The molecule has 1 aliphatic carbocycles. The third-order valence-corrected chi connectivity index (χ3v) is 5.05. The van der Waals surface area contributed by atoms with Crippen molar-refractivity contribution in [2.75, 3.05) is 6.54 Å². The van der Waals surface area contributed by atoms with Crippen molar-refractivity contribution in [3.8, 4) is 10.7 Å². The number of rotatable bonds is 5. The molecule has 0 atom stereocenters. The summed E-state index contributed by atoms with van der Waals surface area (Å²) in [6.07, 6.45) is 6.27. The van der Waals surface area contributed by atoms with Crippen LogP contribution in [0.5, 0.6) is 0 Å². The summed E-state index contributed by atoms with van der Waals surface area (Å²) in [6.45, 7) is 0.509. The number of nitrogens with zero attached hydrogens (tertiary/aromatic N) is 2. The largest absolute Gasteiger partial charge is 0.349 e. The first kappa shape index (κ1) is 20.8. The number of nitrogens with two attached hydrogens (primary N) is 1. The Morgan fingerprint density at radius 1 is 1.29 bits per heavy atom. The molecule has 1 amide bonds. The minimum Gasteiger partial charge on any atom is -0.349 e. The Bertz CT molecular complexity index is 645. The summed E-state index contributed by atoms with van der Waals surface area (Å²) in [5, 5.41) is 5.89. The Kier molecular flexibility index (Phi) is 8.09. The van der Waals surface area contributed by atoms with Gasteiger partial charge in [0.1, 0.15) is 5.01 Å². The molecule has 0 aliphatic heterocycles. The molecule has 1 fully saturated rings. The number of hydrogen-bond donors (Lipinski definition) is 2. The van der Waals surface area contributed by atoms with E-state index in [9.17, 15) is 4.79 Å². The van der Waals surface area contributed by atoms with Gasteiger partial charge in [0.05, 0.1) is 23.3 Å². The predicted molar refractivity (Wildman–Crippen MR) is 102 cm³/mol. The monoisotopic (exact) mass is 388 g/mol. The molecule has 24 heavy (non-hydrogen) atoms. The van der Waals surface area contributed by atoms with Crippen LogP contribution in [0, 0.1) is 0 Å². The molecule has 3 N–H and O–H groups in total. The van der Waals surface area contributed by atoms with Crippen LogP contribution in [0.4, 0.5) is 0 Å². The zero-order valence-electron chi connectivity index (χ0n) is 13.2. The molecule has 2 aromatic heterocycles. The average molecular weight is 389 g/mol. The first-order valence-electron chi connectivity index (χ1n) is 7.58. The molecule has 0 unspecified atom stereocenters. The number of amides is 1. The Hall–Kier alpha value is -1.21. The molecule has 2 heterocycles. The van der Waals surface area contributed by atoms with Crippen molar-refractivity contribution in [2.45, 2.75) is 37.6 Å². The lowest BCUT2D eigenvalue weighted by molar-refractivity contribution is -0.122. The van der Waals surface area contributed by atoms with Gasteiger partial charge >= 0.3 is 0 Å². The zero-order valence-corrected chi connectivity index (χ0v) is 15.7. The summed E-state index contributed by atoms with van der Waals surface area (Å²) in [4.78, 5) is 21.0. The molecule has 0 spiro atoms. The maximum absolute atomic E-state index is 12.3. The summed E-state index contributed by atoms with van der Waals surface area (Å²) in [6, 6.07) is 5.73. The highest BCUT2D eigenvalue weighted by molar-refractivity contribution is 7.13. The highest BCUT2D eigenvalue weighted by Gasteiger charge is 2.33. The van der Waals surface area contributed by atoms with Gasteiger partial charge in [-0.15, -0.1) is 36.2 Å². The summed E-state index contributed by atoms with van der Waals surface area (Å²) < 4.78 is 0. The number of nitrogens with one attached hydrogen (secondary N) is 1. The van der Waals surface area contributed by atoms with E-state index >= 15 is 0 Å². The third kappa shape index (κ3) is 4.89. The van der Waals surface area contributed by atoms with E-state index in [0.29, 0.717) is 13.0 Å². The van der Waals surface area contributed by atoms with E-state index in [4.69, 9.17) is 5.73 Å². The number of pyridine rings is 1. The van der Waals surface area contributed by atoms with Gasteiger partial charge in [0, 0.05) is 18.1 Å². The fraction of sp³-hybridized carbons (Fsp3) is 0.438. The molecule has 5 nitrogen and oxygen atoms in total. The number of thiazole rings is 1. The fourth-order valence-electron chi connectivity index (χ4n) is 2.93. The van der Waals surface area contributed by atoms with Gasteiger partial charge in [-0.2, -0.15) is 0 Å². The molecular formula is C16H22Cl2N4OS. The maximum Gasteiger partial charge on any atom is 0.226 e. The number of carbonyl (C=O) groups is 1. The first-order valence-corrected chi connectivity index (χ1v) is 8.46. The molecule has 2 aromatic rings. The molecule has 3 rings (SSSR count). The molecule has 1 saturated carbocycles. The molecular weight excluding hydrogens is 367 g/mol. The number of halogens is 2. The van der Waals surface area contributed by atoms with Crippen molar-refractivity contribution in [1.82, 2.24) is 15.3 Å². The van der Waals surface area contributed by atoms with Crippen LogP contribution in [-0.2, 0) is 11.2 Å². The Morgan fingerprint density at radius 2 is 2.04 bits per heavy atom. The molecule has 132 valence electrons. The highest BCUT2D eigenvalue weighted by atomic mass is 35.5. The van der Waals surface area contributed by atoms with Gasteiger partial charge in [-0.25, -0.2) is 4.98 Å². The second-order valence-corrected chi connectivity index (χ2v) is 6.63. The van der Waals surface area contributed by atoms with E-state index in [1.807, 2.05) is 23.6 Å². The summed E-state index contributed by atoms with van der Waals surface area (Å²) in [5.41, 5.74) is 7.28. The van der Waals surface area contributed by atoms with E-state index in [0.717, 1.165) is 42.1 Å². The van der Waals surface area contributed by atoms with Crippen LogP contribution < -0.4 is 11.1 Å². The Labute approximate surface area is 158 Å². The lowest BCUT2D eigenvalue weighted by Crippen LogP contribution is -2.52. The van der Waals surface area contributed by atoms with Gasteiger partial charge in [0.15, 0.2) is 0 Å². The average Bonchev–Trinajstić information content (AvgIpc) is 3.18. The van der Waals surface area contributed by atoms with E-state index in [2.05, 4.69) is 15.3 Å². The van der Waals surface area contributed by atoms with Gasteiger partial charge in [0.2, 0.25) is 5.91 Å². The van der Waals surface area contributed by atoms with Gasteiger partial charge in [-0.1, -0.05) is 18.9 Å². The van der Waals surface area contributed by atoms with Crippen molar-refractivity contribution in [2.24, 2.45) is 5.73 Å². The topological polar surface area (TPSA) is 80.9 Å². The molecule has 1 aliphatic rings. The number of aromatic nitrogens is 2. The fourth-order valence-corrected chi connectivity index (χ4v) is 3.73. The van der Waals surface area contributed by atoms with Gasteiger partial charge in [-0.05, 0) is 25.0 Å². The highest BCUT2D eigenvalue weighted by Crippen LogP contribution is 2.29. The molecule has 0 saturated heterocycles. The summed E-state index contributed by atoms with van der Waals surface area (Å²) >= 11 is 1.51. The molecule has 8 heteroatoms. The smallest absolute Gasteiger partial charge is 0.226 e. The van der Waals surface area contributed by atoms with Crippen molar-refractivity contribution in [3.63, 3.8) is 0 Å². The second-order valence-electron chi connectivity index (χ2n) is 5.78. The molecule has 0 radical (unpaired) electrons. The van der Waals surface area contributed by atoms with E-state index < -0.39 is 0 Å². The predicted octanol–water partition coefficient (Wildman–Crippen LogP) is 2.98. The maximum atomic E-state index is 12.3. The van der Waals surface area contributed by atoms with Crippen LogP contribution in [-0.4, -0.2) is 28.0 Å². The zero-order chi connectivity index (χ0) is 15.4. The summed E-state index contributed by atoms with van der Waals surface area (Å²) in [7, 11) is 0. The van der Waals surface area contributed by atoms with Crippen LogP contribution in [0.2, 0.25) is 0 Å². The Morgan fingerprint density at radius 3 is 2.67 bits per heavy atom. The van der Waals surface area contributed by atoms with E-state index in [1.54, 1.807) is 6.20 Å². The van der Waals surface area contributed by atoms with Crippen molar-refractivity contribution >= 4 is 42.1 Å². The molecule has 0 aromatic carbocycles. The van der Waals surface area contributed by atoms with Gasteiger partial charge in [-0.3, -0.25) is 9.78 Å². The van der Waals surface area contributed by atoms with E-state index in [1.165, 1.54) is 11.3 Å². The minimum atomic E-state index is -0.197. The standard InChI is InChI=1S/C16H20N4OS.2ClH/c17-11-16(6-2-3-7-16)20-14(21)9-12-10-22-15(19-12)13-5-1-4-8-18-13;;/h1,4-5,8,10H,2-3,6-7,9,11,17H2,(H,20,21);2*1H. The van der Waals surface area contributed by atoms with Crippen molar-refractivity contribution in [1.29, 1.82) is 0 Å². The number of hydrogen-bond acceptors (Lipinski definition) is 5. The van der Waals surface area contributed by atoms with Crippen LogP contribution in [0.3, 0.4) is 0 Å². The quantitative estimate of drug-likeness (QED) is 0.824. The summed E-state index contributed by atoms with van der Waals surface area (Å²) in [5.74, 6) is 0.00483. The second kappa shape index (κ2) is 9.32. The van der Waals surface area contributed by atoms with Gasteiger partial charge < -0.3 is 11.1 Å². The van der Waals surface area contributed by atoms with Crippen LogP contribution in [0.25, 0.3) is 10.7 Å². The lowest BCUT2D eigenvalue weighted by atomic mass is 9.97. The first-order chi connectivity index (χ1) is 10.7. The van der Waals surface area contributed by atoms with Crippen LogP contribution in [0.1, 0.15) is 31.4 Å². The Balaban J connectivity index is 0.00000144. The van der Waals surface area contributed by atoms with E-state index in [-0.39, 0.29) is 36.3 Å². The number of carbonyl (C=O) groups excluding carboxylic acids is 1. The van der Waals surface area contributed by atoms with Crippen molar-refractivity contribution < 1.29 is 4.79 Å². The molecule has 0 bridgehead atoms. The SMILES string of the molecule is Cl.Cl.NCC1(NC(=O)Cc2csc(-c3ccccn3)n2)CCCC1. The van der Waals surface area contributed by atoms with Crippen molar-refractivity contribution in [3.05, 3.63) is 35.5 Å². The van der Waals surface area contributed by atoms with Gasteiger partial charge in [0.25, 0.3) is 0 Å². The van der Waals surface area contributed by atoms with Crippen LogP contribution in [0.15, 0.2) is 29.8 Å². The minimum absolute atomic E-state index is 0. The third-order valence-electron chi connectivity index (χ3n) is 4.13.